The van der Waals surface area contributed by atoms with Crippen LogP contribution in [0.25, 0.3) is 0 Å². The van der Waals surface area contributed by atoms with Gasteiger partial charge in [0.25, 0.3) is 5.91 Å². The third kappa shape index (κ3) is 5.14. The predicted octanol–water partition coefficient (Wildman–Crippen LogP) is 5.18. The first kappa shape index (κ1) is 27.2. The minimum atomic E-state index is -0.939. The maximum atomic E-state index is 13.9. The third-order valence-electron chi connectivity index (χ3n) is 6.70. The fourth-order valence-corrected chi connectivity index (χ4v) is 7.65. The number of fused-ring (bicyclic) bond motifs is 2. The zero-order chi connectivity index (χ0) is 28.8. The number of imide groups is 1. The molecule has 1 saturated heterocycles. The van der Waals surface area contributed by atoms with Crippen molar-refractivity contribution in [3.05, 3.63) is 103 Å². The molecule has 3 aromatic carbocycles. The van der Waals surface area contributed by atoms with Gasteiger partial charge >= 0.3 is 4.87 Å². The molecule has 3 amide bonds. The molecule has 3 unspecified atom stereocenters. The first-order valence-corrected chi connectivity index (χ1v) is 14.3. The predicted molar refractivity (Wildman–Crippen MR) is 151 cm³/mol. The van der Waals surface area contributed by atoms with E-state index < -0.39 is 53.0 Å². The Balaban J connectivity index is 1.36. The van der Waals surface area contributed by atoms with Gasteiger partial charge in [-0.1, -0.05) is 34.7 Å². The number of carbonyl (C=O) groups is 3. The second kappa shape index (κ2) is 10.8. The van der Waals surface area contributed by atoms with Crippen LogP contribution in [0, 0.1) is 17.6 Å². The Morgan fingerprint density at radius 3 is 2.37 bits per heavy atom. The molecule has 6 rings (SSSR count). The van der Waals surface area contributed by atoms with Crippen molar-refractivity contribution in [1.82, 2.24) is 4.98 Å². The van der Waals surface area contributed by atoms with Gasteiger partial charge in [-0.05, 0) is 66.7 Å². The van der Waals surface area contributed by atoms with Gasteiger partial charge in [0.1, 0.15) is 22.6 Å². The molecule has 1 aromatic heterocycles. The molecule has 0 saturated carbocycles. The number of anilines is 2. The highest BCUT2D eigenvalue weighted by Gasteiger charge is 2.56. The van der Waals surface area contributed by atoms with E-state index in [0.29, 0.717) is 26.2 Å². The average Bonchev–Trinajstić information content (AvgIpc) is 3.44. The summed E-state index contributed by atoms with van der Waals surface area (Å²) in [6.45, 7) is -0.424. The normalized spacial score (nSPS) is 19.6. The highest BCUT2D eigenvalue weighted by Crippen LogP contribution is 2.54. The topological polar surface area (TPSA) is 109 Å². The van der Waals surface area contributed by atoms with Crippen molar-refractivity contribution in [2.75, 3.05) is 16.8 Å². The number of nitrogens with one attached hydrogen (secondary N) is 2. The number of aromatic nitrogens is 1. The first-order valence-electron chi connectivity index (χ1n) is 12.2. The van der Waals surface area contributed by atoms with Crippen LogP contribution in [0.3, 0.4) is 0 Å². The number of thioether (sulfide) groups is 1. The lowest BCUT2D eigenvalue weighted by Gasteiger charge is -2.31. The smallest absolute Gasteiger partial charge is 0.305 e. The molecular formula is C28H18ClF2N3O5S2. The molecule has 208 valence electrons. The fraction of sp³-hybridized carbons (Fsp3) is 0.143. The van der Waals surface area contributed by atoms with Crippen LogP contribution in [0.4, 0.5) is 20.2 Å². The quantitative estimate of drug-likeness (QED) is 0.290. The number of thiazole rings is 1. The molecule has 2 aliphatic rings. The van der Waals surface area contributed by atoms with E-state index in [2.05, 4.69) is 10.3 Å². The van der Waals surface area contributed by atoms with Gasteiger partial charge in [-0.2, -0.15) is 0 Å². The van der Waals surface area contributed by atoms with Gasteiger partial charge in [0.2, 0.25) is 11.8 Å². The van der Waals surface area contributed by atoms with E-state index in [1.165, 1.54) is 36.4 Å². The van der Waals surface area contributed by atoms with E-state index in [1.54, 1.807) is 18.2 Å². The van der Waals surface area contributed by atoms with Gasteiger partial charge in [-0.15, -0.1) is 0 Å². The van der Waals surface area contributed by atoms with Crippen molar-refractivity contribution < 1.29 is 27.9 Å². The Hall–Kier alpha value is -4.00. The number of H-pyrrole nitrogens is 1. The summed E-state index contributed by atoms with van der Waals surface area (Å²) in [4.78, 5) is 56.4. The van der Waals surface area contributed by atoms with Crippen LogP contribution < -0.4 is 19.8 Å². The number of hydrogen-bond acceptors (Lipinski definition) is 7. The van der Waals surface area contributed by atoms with Gasteiger partial charge in [0.05, 0.1) is 16.6 Å². The van der Waals surface area contributed by atoms with E-state index in [-0.39, 0.29) is 16.3 Å². The largest absolute Gasteiger partial charge is 0.483 e. The van der Waals surface area contributed by atoms with Crippen molar-refractivity contribution in [3.8, 4) is 5.75 Å². The molecule has 4 aromatic rings. The number of ether oxygens (including phenoxy) is 1. The van der Waals surface area contributed by atoms with Crippen LogP contribution in [0.2, 0.25) is 5.02 Å². The first-order chi connectivity index (χ1) is 19.7. The number of carbonyl (C=O) groups excluding carboxylic acids is 3. The van der Waals surface area contributed by atoms with Crippen molar-refractivity contribution in [2.45, 2.75) is 16.2 Å². The minimum Gasteiger partial charge on any atom is -0.483 e. The van der Waals surface area contributed by atoms with Crippen LogP contribution in [0.15, 0.2) is 76.6 Å². The van der Waals surface area contributed by atoms with Crippen LogP contribution in [0.1, 0.15) is 16.4 Å². The summed E-state index contributed by atoms with van der Waals surface area (Å²) in [5.41, 5.74) is 1.02. The Labute approximate surface area is 244 Å². The zero-order valence-electron chi connectivity index (χ0n) is 20.7. The lowest BCUT2D eigenvalue weighted by Crippen LogP contribution is -2.32. The summed E-state index contributed by atoms with van der Waals surface area (Å²) in [6, 6.07) is 15.0. The van der Waals surface area contributed by atoms with Gasteiger partial charge in [-0.25, -0.2) is 13.7 Å². The number of halogens is 3. The second-order valence-electron chi connectivity index (χ2n) is 9.26. The molecule has 1 fully saturated rings. The Morgan fingerprint density at radius 2 is 1.66 bits per heavy atom. The molecule has 0 spiro atoms. The number of hydrogen-bond donors (Lipinski definition) is 2. The molecular weight excluding hydrogens is 596 g/mol. The second-order valence-corrected chi connectivity index (χ2v) is 11.9. The monoisotopic (exact) mass is 613 g/mol. The van der Waals surface area contributed by atoms with Gasteiger partial charge < -0.3 is 15.0 Å². The summed E-state index contributed by atoms with van der Waals surface area (Å²) in [5, 5.41) is 2.49. The molecule has 2 aliphatic heterocycles. The van der Waals surface area contributed by atoms with Crippen LogP contribution in [-0.4, -0.2) is 34.6 Å². The molecule has 0 aliphatic carbocycles. The van der Waals surface area contributed by atoms with Gasteiger partial charge in [0.15, 0.2) is 6.61 Å². The van der Waals surface area contributed by atoms with E-state index in [4.69, 9.17) is 16.3 Å². The molecule has 0 bridgehead atoms. The summed E-state index contributed by atoms with van der Waals surface area (Å²) < 4.78 is 32.7. The van der Waals surface area contributed by atoms with Crippen LogP contribution >= 0.6 is 34.7 Å². The Morgan fingerprint density at radius 1 is 0.976 bits per heavy atom. The van der Waals surface area contributed by atoms with Crippen molar-refractivity contribution in [3.63, 3.8) is 0 Å². The minimum absolute atomic E-state index is 0.228. The molecule has 8 nitrogen and oxygen atoms in total. The average molecular weight is 614 g/mol. The molecule has 0 radical (unpaired) electrons. The number of rotatable bonds is 6. The molecule has 13 heteroatoms. The van der Waals surface area contributed by atoms with Crippen LogP contribution in [-0.2, 0) is 14.4 Å². The van der Waals surface area contributed by atoms with Crippen molar-refractivity contribution >= 4 is 63.8 Å². The number of aromatic amines is 1. The van der Waals surface area contributed by atoms with Gasteiger partial charge in [-0.3, -0.25) is 19.2 Å². The maximum Gasteiger partial charge on any atom is 0.305 e. The SMILES string of the molecule is O=C(COc1ccc(Cl)cc1C1c2sc(=O)[nH]c2SC2C(=O)N(c3ccc(F)cc3)C(=O)C21)Nc1ccc(F)cc1. The Bertz CT molecular complexity index is 1740. The van der Waals surface area contributed by atoms with E-state index in [1.807, 2.05) is 0 Å². The summed E-state index contributed by atoms with van der Waals surface area (Å²) in [5.74, 6) is -4.01. The number of nitrogens with zero attached hydrogens (tertiary/aromatic N) is 1. The van der Waals surface area contributed by atoms with Crippen molar-refractivity contribution in [2.24, 2.45) is 5.92 Å². The lowest BCUT2D eigenvalue weighted by molar-refractivity contribution is -0.122. The number of amides is 3. The molecule has 41 heavy (non-hydrogen) atoms. The zero-order valence-corrected chi connectivity index (χ0v) is 23.1. The molecule has 3 heterocycles. The third-order valence-corrected chi connectivity index (χ3v) is 9.34. The van der Waals surface area contributed by atoms with Crippen LogP contribution in [0.5, 0.6) is 5.75 Å². The van der Waals surface area contributed by atoms with Crippen molar-refractivity contribution in [1.29, 1.82) is 0 Å². The fourth-order valence-electron chi connectivity index (χ4n) is 4.96. The lowest BCUT2D eigenvalue weighted by atomic mass is 9.82. The van der Waals surface area contributed by atoms with E-state index in [9.17, 15) is 28.0 Å². The van der Waals surface area contributed by atoms with E-state index in [0.717, 1.165) is 40.1 Å². The van der Waals surface area contributed by atoms with E-state index >= 15 is 0 Å². The van der Waals surface area contributed by atoms with Gasteiger partial charge in [0, 0.05) is 27.1 Å². The number of benzene rings is 3. The maximum absolute atomic E-state index is 13.9. The summed E-state index contributed by atoms with van der Waals surface area (Å²) in [7, 11) is 0. The summed E-state index contributed by atoms with van der Waals surface area (Å²) >= 11 is 8.37. The highest BCUT2D eigenvalue weighted by atomic mass is 35.5. The molecule has 2 N–H and O–H groups in total. The summed E-state index contributed by atoms with van der Waals surface area (Å²) in [6.07, 6.45) is 0. The standard InChI is InChI=1S/C28H18ClF2N3O5S2/c29-13-1-10-19(39-12-20(35)32-16-6-2-14(30)3-7-16)18(11-13)21-22-24(40-25-23(21)41-28(38)33-25)27(37)34(26(22)36)17-8-4-15(31)5-9-17/h1-11,21-22,24H,12H2,(H,32,35)(H,33,38). The molecule has 3 atom stereocenters. The Kier molecular flexibility index (Phi) is 7.14. The highest BCUT2D eigenvalue weighted by molar-refractivity contribution is 8.00.